The highest BCUT2D eigenvalue weighted by Crippen LogP contribution is 2.32. The zero-order valence-corrected chi connectivity index (χ0v) is 17.9. The van der Waals surface area contributed by atoms with Crippen LogP contribution >= 0.6 is 34.4 Å². The van der Waals surface area contributed by atoms with Crippen LogP contribution in [0.1, 0.15) is 40.2 Å². The van der Waals surface area contributed by atoms with Gasteiger partial charge in [-0.25, -0.2) is 4.98 Å². The third-order valence-corrected chi connectivity index (χ3v) is 7.43. The Labute approximate surface area is 173 Å². The van der Waals surface area contributed by atoms with Gasteiger partial charge in [0.2, 0.25) is 11.0 Å². The van der Waals surface area contributed by atoms with Gasteiger partial charge in [-0.1, -0.05) is 11.3 Å². The number of carbonyl (C=O) groups is 1. The van der Waals surface area contributed by atoms with Gasteiger partial charge < -0.3 is 9.72 Å². The number of amides is 1. The maximum Gasteiger partial charge on any atom is 0.259 e. The normalized spacial score (nSPS) is 16.7. The molecular weight excluding hydrogens is 418 g/mol. The van der Waals surface area contributed by atoms with Crippen LogP contribution in [0.3, 0.4) is 0 Å². The quantitative estimate of drug-likeness (QED) is 0.609. The minimum Gasteiger partial charge on any atom is -0.371 e. The van der Waals surface area contributed by atoms with Crippen molar-refractivity contribution in [3.05, 3.63) is 31.6 Å². The predicted octanol–water partition coefficient (Wildman–Crippen LogP) is 3.18. The average molecular weight is 438 g/mol. The number of nitrogens with zero attached hydrogens (tertiary/aromatic N) is 3. The van der Waals surface area contributed by atoms with Gasteiger partial charge in [-0.2, -0.15) is 0 Å². The molecule has 0 aliphatic carbocycles. The molecular formula is C17H19N5O3S3. The molecule has 1 aliphatic rings. The fraction of sp³-hybridized carbons (Fsp3) is 0.471. The number of fused-ring (bicyclic) bond motifs is 1. The first kappa shape index (κ1) is 19.5. The van der Waals surface area contributed by atoms with Gasteiger partial charge >= 0.3 is 0 Å². The molecule has 3 aromatic heterocycles. The van der Waals surface area contributed by atoms with Gasteiger partial charge in [0.25, 0.3) is 5.56 Å². The Morgan fingerprint density at radius 2 is 2.21 bits per heavy atom. The van der Waals surface area contributed by atoms with Crippen LogP contribution in [-0.4, -0.2) is 38.4 Å². The van der Waals surface area contributed by atoms with Crippen molar-refractivity contribution in [2.24, 2.45) is 0 Å². The van der Waals surface area contributed by atoms with Crippen LogP contribution in [0.2, 0.25) is 0 Å². The first-order valence-electron chi connectivity index (χ1n) is 8.82. The van der Waals surface area contributed by atoms with Crippen molar-refractivity contribution in [2.45, 2.75) is 38.5 Å². The van der Waals surface area contributed by atoms with E-state index in [1.807, 2.05) is 13.8 Å². The fourth-order valence-corrected chi connectivity index (χ4v) is 5.53. The van der Waals surface area contributed by atoms with Crippen LogP contribution in [0.4, 0.5) is 5.13 Å². The smallest absolute Gasteiger partial charge is 0.259 e. The van der Waals surface area contributed by atoms with E-state index in [0.717, 1.165) is 39.7 Å². The minimum absolute atomic E-state index is 0.000123. The van der Waals surface area contributed by atoms with Gasteiger partial charge in [0.15, 0.2) is 0 Å². The molecule has 3 aromatic rings. The first-order chi connectivity index (χ1) is 13.5. The lowest BCUT2D eigenvalue weighted by molar-refractivity contribution is -0.113. The predicted molar refractivity (Wildman–Crippen MR) is 112 cm³/mol. The number of thioether (sulfide) groups is 1. The third-order valence-electron chi connectivity index (χ3n) is 4.45. The maximum absolute atomic E-state index is 12.3. The van der Waals surface area contributed by atoms with E-state index in [1.165, 1.54) is 34.4 Å². The number of aromatic nitrogens is 4. The van der Waals surface area contributed by atoms with Crippen LogP contribution in [0.5, 0.6) is 0 Å². The van der Waals surface area contributed by atoms with Crippen LogP contribution in [0.15, 0.2) is 4.79 Å². The number of aryl methyl sites for hydroxylation is 2. The lowest BCUT2D eigenvalue weighted by Crippen LogP contribution is -2.15. The van der Waals surface area contributed by atoms with E-state index in [9.17, 15) is 9.59 Å². The van der Waals surface area contributed by atoms with Gasteiger partial charge in [-0.15, -0.1) is 33.3 Å². The van der Waals surface area contributed by atoms with Crippen molar-refractivity contribution in [2.75, 3.05) is 17.7 Å². The number of H-pyrrole nitrogens is 1. The lowest BCUT2D eigenvalue weighted by Gasteiger charge is -2.03. The molecule has 2 N–H and O–H groups in total. The van der Waals surface area contributed by atoms with Gasteiger partial charge in [-0.05, 0) is 32.3 Å². The van der Waals surface area contributed by atoms with Crippen molar-refractivity contribution in [3.63, 3.8) is 0 Å². The highest BCUT2D eigenvalue weighted by molar-refractivity contribution is 7.99. The van der Waals surface area contributed by atoms with Gasteiger partial charge in [0.1, 0.15) is 21.8 Å². The molecule has 4 heterocycles. The molecule has 0 aromatic carbocycles. The number of rotatable bonds is 6. The molecule has 0 radical (unpaired) electrons. The molecule has 148 valence electrons. The molecule has 0 spiro atoms. The summed E-state index contributed by atoms with van der Waals surface area (Å²) in [5, 5.41) is 12.8. The van der Waals surface area contributed by atoms with Crippen molar-refractivity contribution < 1.29 is 9.53 Å². The Hall–Kier alpha value is -1.82. The third kappa shape index (κ3) is 4.12. The molecule has 1 atom stereocenters. The molecule has 1 amide bonds. The number of ether oxygens (including phenoxy) is 1. The largest absolute Gasteiger partial charge is 0.371 e. The van der Waals surface area contributed by atoms with Crippen LogP contribution < -0.4 is 10.9 Å². The van der Waals surface area contributed by atoms with E-state index in [4.69, 9.17) is 4.74 Å². The zero-order chi connectivity index (χ0) is 19.7. The zero-order valence-electron chi connectivity index (χ0n) is 15.4. The summed E-state index contributed by atoms with van der Waals surface area (Å²) in [4.78, 5) is 33.6. The average Bonchev–Trinajstić information content (AvgIpc) is 3.36. The number of hydrogen-bond donors (Lipinski definition) is 2. The van der Waals surface area contributed by atoms with E-state index < -0.39 is 0 Å². The van der Waals surface area contributed by atoms with Crippen LogP contribution in [0, 0.1) is 13.8 Å². The summed E-state index contributed by atoms with van der Waals surface area (Å²) in [5.74, 6) is 1.10. The monoisotopic (exact) mass is 437 g/mol. The second kappa shape index (κ2) is 8.27. The van der Waals surface area contributed by atoms with Crippen molar-refractivity contribution in [1.29, 1.82) is 0 Å². The number of nitrogens with one attached hydrogen (secondary N) is 2. The SMILES string of the molecule is Cc1sc2nc(CSCC(=O)Nc3nnc([C@H]4CCCO4)s3)[nH]c(=O)c2c1C. The molecule has 0 unspecified atom stereocenters. The van der Waals surface area contributed by atoms with Gasteiger partial charge in [-0.3, -0.25) is 14.9 Å². The summed E-state index contributed by atoms with van der Waals surface area (Å²) in [7, 11) is 0. The number of anilines is 1. The summed E-state index contributed by atoms with van der Waals surface area (Å²) in [5.41, 5.74) is 0.856. The van der Waals surface area contributed by atoms with Crippen molar-refractivity contribution in [3.8, 4) is 0 Å². The minimum atomic E-state index is -0.161. The molecule has 0 bridgehead atoms. The molecule has 11 heteroatoms. The summed E-state index contributed by atoms with van der Waals surface area (Å²) < 4.78 is 5.58. The Bertz CT molecular complexity index is 1070. The Morgan fingerprint density at radius 1 is 1.36 bits per heavy atom. The molecule has 1 aliphatic heterocycles. The van der Waals surface area contributed by atoms with E-state index >= 15 is 0 Å². The van der Waals surface area contributed by atoms with E-state index in [-0.39, 0.29) is 23.3 Å². The Morgan fingerprint density at radius 3 is 3.00 bits per heavy atom. The van der Waals surface area contributed by atoms with Gasteiger partial charge in [0.05, 0.1) is 16.9 Å². The number of carbonyl (C=O) groups excluding carboxylic acids is 1. The Balaban J connectivity index is 1.32. The van der Waals surface area contributed by atoms with Crippen molar-refractivity contribution in [1.82, 2.24) is 20.2 Å². The van der Waals surface area contributed by atoms with Crippen molar-refractivity contribution >= 4 is 55.7 Å². The van der Waals surface area contributed by atoms with Crippen LogP contribution in [-0.2, 0) is 15.3 Å². The molecule has 8 nitrogen and oxygen atoms in total. The molecule has 1 saturated heterocycles. The summed E-state index contributed by atoms with van der Waals surface area (Å²) in [6.07, 6.45) is 1.96. The first-order valence-corrected chi connectivity index (χ1v) is 11.6. The second-order valence-electron chi connectivity index (χ2n) is 6.46. The van der Waals surface area contributed by atoms with E-state index in [0.29, 0.717) is 22.1 Å². The maximum atomic E-state index is 12.3. The summed E-state index contributed by atoms with van der Waals surface area (Å²) >= 11 is 4.25. The number of thiophene rings is 1. The molecule has 4 rings (SSSR count). The molecule has 0 saturated carbocycles. The molecule has 28 heavy (non-hydrogen) atoms. The number of aromatic amines is 1. The van der Waals surface area contributed by atoms with Gasteiger partial charge in [0, 0.05) is 11.5 Å². The Kier molecular flexibility index (Phi) is 5.76. The fourth-order valence-electron chi connectivity index (χ4n) is 2.95. The van der Waals surface area contributed by atoms with E-state index in [2.05, 4.69) is 25.5 Å². The number of hydrogen-bond acceptors (Lipinski definition) is 9. The standard InChI is InChI=1S/C17H19N5O3S3/c1-8-9(2)27-16-13(8)14(24)18-11(19-16)6-26-7-12(23)20-17-22-21-15(28-17)10-4-3-5-25-10/h10H,3-7H2,1-2H3,(H,18,19,24)(H,20,22,23)/t10-/m1/s1. The molecule has 1 fully saturated rings. The van der Waals surface area contributed by atoms with Crippen LogP contribution in [0.25, 0.3) is 10.2 Å². The highest BCUT2D eigenvalue weighted by atomic mass is 32.2. The summed E-state index contributed by atoms with van der Waals surface area (Å²) in [6.45, 7) is 4.66. The topological polar surface area (TPSA) is 110 Å². The lowest BCUT2D eigenvalue weighted by atomic mass is 10.2. The highest BCUT2D eigenvalue weighted by Gasteiger charge is 2.22. The van der Waals surface area contributed by atoms with E-state index in [1.54, 1.807) is 0 Å². The second-order valence-corrected chi connectivity index (χ2v) is 9.66. The summed E-state index contributed by atoms with van der Waals surface area (Å²) in [6, 6.07) is 0.